The monoisotopic (exact) mass is 754 g/mol. The van der Waals surface area contributed by atoms with Crippen LogP contribution in [-0.4, -0.2) is 45.6 Å². The molecule has 3 aromatic rings. The van der Waals surface area contributed by atoms with Crippen LogP contribution in [0.3, 0.4) is 0 Å². The number of allylic oxidation sites excluding steroid dienone is 2. The van der Waals surface area contributed by atoms with Gasteiger partial charge < -0.3 is 9.84 Å². The molecule has 2 aliphatic heterocycles. The van der Waals surface area contributed by atoms with Crippen LogP contribution in [-0.2, 0) is 19.2 Å². The summed E-state index contributed by atoms with van der Waals surface area (Å²) in [6, 6.07) is 8.51. The van der Waals surface area contributed by atoms with Gasteiger partial charge in [-0.25, -0.2) is 31.8 Å². The number of aryl methyl sites for hydroxylation is 1. The van der Waals surface area contributed by atoms with Crippen molar-refractivity contribution in [3.8, 4) is 11.5 Å². The van der Waals surface area contributed by atoms with Crippen molar-refractivity contribution in [2.45, 2.75) is 35.4 Å². The van der Waals surface area contributed by atoms with Gasteiger partial charge in [0.05, 0.1) is 24.6 Å². The zero-order chi connectivity index (χ0) is 36.4. The predicted molar refractivity (Wildman–Crippen MR) is 170 cm³/mol. The lowest BCUT2D eigenvalue weighted by Gasteiger charge is -2.50. The largest absolute Gasteiger partial charge is 0.508 e. The molecule has 2 heterocycles. The highest BCUT2D eigenvalue weighted by Crippen LogP contribution is 2.67. The molecule has 0 unspecified atom stereocenters. The van der Waals surface area contributed by atoms with Crippen LogP contribution in [0.5, 0.6) is 11.5 Å². The maximum Gasteiger partial charge on any atom is 0.258 e. The van der Waals surface area contributed by atoms with Gasteiger partial charge in [-0.3, -0.25) is 19.2 Å². The molecule has 1 saturated carbocycles. The minimum absolute atomic E-state index is 0.0857. The van der Waals surface area contributed by atoms with Gasteiger partial charge in [0.2, 0.25) is 17.6 Å². The molecule has 2 aliphatic carbocycles. The Morgan fingerprint density at radius 1 is 0.860 bits per heavy atom. The van der Waals surface area contributed by atoms with Crippen LogP contribution in [0, 0.1) is 53.8 Å². The number of ether oxygens (including phenoxy) is 1. The third kappa shape index (κ3) is 4.23. The van der Waals surface area contributed by atoms with E-state index in [1.165, 1.54) is 43.5 Å². The molecule has 3 aromatic carbocycles. The minimum Gasteiger partial charge on any atom is -0.508 e. The van der Waals surface area contributed by atoms with Crippen LogP contribution in [0.2, 0.25) is 5.02 Å². The van der Waals surface area contributed by atoms with Crippen LogP contribution < -0.4 is 14.5 Å². The molecule has 4 aliphatic rings. The molecule has 2 saturated heterocycles. The second-order valence-electron chi connectivity index (χ2n) is 12.5. The highest BCUT2D eigenvalue weighted by Gasteiger charge is 2.77. The van der Waals surface area contributed by atoms with E-state index in [0.717, 1.165) is 4.90 Å². The smallest absolute Gasteiger partial charge is 0.258 e. The van der Waals surface area contributed by atoms with Crippen LogP contribution in [0.4, 0.5) is 33.3 Å². The fraction of sp³-hybridized carbons (Fsp3) is 0.294. The summed E-state index contributed by atoms with van der Waals surface area (Å²) in [5.74, 6) is -22.8. The van der Waals surface area contributed by atoms with E-state index in [2.05, 4.69) is 0 Å². The van der Waals surface area contributed by atoms with Gasteiger partial charge in [-0.1, -0.05) is 35.4 Å². The lowest BCUT2D eigenvalue weighted by atomic mass is 9.56. The number of imide groups is 2. The summed E-state index contributed by atoms with van der Waals surface area (Å²) in [7, 11) is 1.21. The Kier molecular flexibility index (Phi) is 7.82. The average Bonchev–Trinajstić information content (AvgIpc) is 3.42. The topological polar surface area (TPSA) is 104 Å². The van der Waals surface area contributed by atoms with Crippen molar-refractivity contribution in [1.29, 1.82) is 0 Å². The number of phenolic OH excluding ortho intramolecular Hbond substituents is 1. The maximum atomic E-state index is 15.2. The van der Waals surface area contributed by atoms with E-state index in [-0.39, 0.29) is 38.9 Å². The van der Waals surface area contributed by atoms with Crippen molar-refractivity contribution in [3.63, 3.8) is 0 Å². The normalized spacial score (nSPS) is 28.9. The second kappa shape index (κ2) is 11.4. The zero-order valence-corrected chi connectivity index (χ0v) is 27.9. The summed E-state index contributed by atoms with van der Waals surface area (Å²) in [6.07, 6.45) is 0.726. The number of aromatic hydroxyl groups is 1. The van der Waals surface area contributed by atoms with Gasteiger partial charge in [-0.2, -0.15) is 0 Å². The number of anilines is 2. The quantitative estimate of drug-likeness (QED) is 0.0783. The summed E-state index contributed by atoms with van der Waals surface area (Å²) in [6.45, 7) is 1.72. The van der Waals surface area contributed by atoms with Crippen LogP contribution in [0.15, 0.2) is 48.0 Å². The van der Waals surface area contributed by atoms with Crippen LogP contribution >= 0.6 is 34.8 Å². The van der Waals surface area contributed by atoms with E-state index >= 15 is 8.78 Å². The number of carbonyl (C=O) groups is 4. The molecule has 50 heavy (non-hydrogen) atoms. The Bertz CT molecular complexity index is 2100. The molecule has 0 spiro atoms. The van der Waals surface area contributed by atoms with E-state index in [1.54, 1.807) is 13.0 Å². The number of nitrogens with zero attached hydrogens (tertiary/aromatic N) is 2. The number of fused-ring (bicyclic) bond motifs is 4. The van der Waals surface area contributed by atoms with Crippen LogP contribution in [0.25, 0.3) is 0 Å². The summed E-state index contributed by atoms with van der Waals surface area (Å²) < 4.78 is 78.8. The van der Waals surface area contributed by atoms with Crippen molar-refractivity contribution in [2.24, 2.45) is 17.8 Å². The van der Waals surface area contributed by atoms with Gasteiger partial charge in [0.25, 0.3) is 11.8 Å². The zero-order valence-electron chi connectivity index (χ0n) is 25.7. The van der Waals surface area contributed by atoms with Crippen molar-refractivity contribution >= 4 is 69.8 Å². The summed E-state index contributed by atoms with van der Waals surface area (Å²) >= 11 is 20.5. The van der Waals surface area contributed by atoms with Gasteiger partial charge >= 0.3 is 0 Å². The summed E-state index contributed by atoms with van der Waals surface area (Å²) in [5.41, 5.74) is -1.13. The number of benzene rings is 3. The van der Waals surface area contributed by atoms with Gasteiger partial charge in [0.1, 0.15) is 17.2 Å². The fourth-order valence-corrected chi connectivity index (χ4v) is 8.95. The van der Waals surface area contributed by atoms with Gasteiger partial charge in [0, 0.05) is 16.5 Å². The summed E-state index contributed by atoms with van der Waals surface area (Å²) in [5, 5.41) is 11.5. The lowest BCUT2D eigenvalue weighted by Crippen LogP contribution is -2.60. The molecule has 1 N–H and O–H groups in total. The number of rotatable bonds is 4. The molecular weight excluding hydrogens is 734 g/mol. The standard InChI is InChI=1S/C34H22Cl3F5N2O6/c1-12-6-7-13(10-17(12)35)43-29(46)15-9-8-14-16(20(15)30(43)47)11-33(36)31(48)44(28-26(41)24(39)23(38)25(40)27(28)42)32(49)34(33,37)22(14)21-18(45)4-3-5-19(21)50-2/h3-8,10,15-16,20,22,45H,9,11H2,1-2H3/t15-,16+,20-,22+,33+,34-/m0/s1. The Balaban J connectivity index is 1.46. The molecule has 16 heteroatoms. The Hall–Kier alpha value is -4.20. The van der Waals surface area contributed by atoms with E-state index in [0.29, 0.717) is 5.56 Å². The maximum absolute atomic E-state index is 15.2. The van der Waals surface area contributed by atoms with E-state index in [4.69, 9.17) is 39.5 Å². The highest BCUT2D eigenvalue weighted by molar-refractivity contribution is 6.58. The van der Waals surface area contributed by atoms with Crippen molar-refractivity contribution in [3.05, 3.63) is 93.3 Å². The third-order valence-corrected chi connectivity index (χ3v) is 12.0. The molecule has 7 rings (SSSR count). The molecule has 4 amide bonds. The average molecular weight is 756 g/mol. The van der Waals surface area contributed by atoms with Gasteiger partial charge in [0.15, 0.2) is 33.0 Å². The predicted octanol–water partition coefficient (Wildman–Crippen LogP) is 6.83. The third-order valence-electron chi connectivity index (χ3n) is 10.2. The fourth-order valence-electron chi connectivity index (χ4n) is 7.86. The van der Waals surface area contributed by atoms with Crippen molar-refractivity contribution in [1.82, 2.24) is 0 Å². The molecule has 3 fully saturated rings. The first-order valence-corrected chi connectivity index (χ1v) is 16.1. The molecular formula is C34H22Cl3F5N2O6. The van der Waals surface area contributed by atoms with E-state index in [9.17, 15) is 37.5 Å². The first-order chi connectivity index (χ1) is 23.5. The molecule has 260 valence electrons. The first kappa shape index (κ1) is 34.3. The number of alkyl halides is 2. The number of carbonyl (C=O) groups excluding carboxylic acids is 4. The SMILES string of the molecule is COc1cccc(O)c1[C@H]1C2=CC[C@@H]3C(=O)N(c4ccc(C)c(Cl)c4)C(=O)[C@@H]3[C@@H]2C[C@@]2(Cl)C(=O)N(c3c(F)c(F)c(F)c(F)c3F)C(=O)[C@@]12Cl. The number of amides is 4. The molecule has 8 nitrogen and oxygen atoms in total. The lowest BCUT2D eigenvalue weighted by molar-refractivity contribution is -0.125. The number of hydrogen-bond acceptors (Lipinski definition) is 6. The Morgan fingerprint density at radius 3 is 2.12 bits per heavy atom. The van der Waals surface area contributed by atoms with Gasteiger partial charge in [-0.05, 0) is 55.5 Å². The number of halogens is 8. The van der Waals surface area contributed by atoms with Crippen molar-refractivity contribution in [2.75, 3.05) is 16.9 Å². The van der Waals surface area contributed by atoms with E-state index < -0.39 is 104 Å². The minimum atomic E-state index is -2.82. The highest BCUT2D eigenvalue weighted by atomic mass is 35.5. The van der Waals surface area contributed by atoms with Gasteiger partial charge in [-0.15, -0.1) is 23.2 Å². The Morgan fingerprint density at radius 2 is 1.50 bits per heavy atom. The molecule has 0 bridgehead atoms. The summed E-state index contributed by atoms with van der Waals surface area (Å²) in [4.78, 5) is 51.9. The Labute approximate surface area is 294 Å². The van der Waals surface area contributed by atoms with Crippen molar-refractivity contribution < 1.29 is 51.0 Å². The number of hydrogen-bond donors (Lipinski definition) is 1. The van der Waals surface area contributed by atoms with E-state index in [1.807, 2.05) is 0 Å². The number of phenols is 1. The number of methoxy groups -OCH3 is 1. The molecule has 6 atom stereocenters. The first-order valence-electron chi connectivity index (χ1n) is 15.0. The van der Waals surface area contributed by atoms with Crippen LogP contribution in [0.1, 0.15) is 29.9 Å². The second-order valence-corrected chi connectivity index (χ2v) is 14.2. The molecule has 0 aromatic heterocycles. The molecule has 0 radical (unpaired) electrons.